The molecule has 0 aliphatic heterocycles. The number of hydrogen-bond donors (Lipinski definition) is 1. The van der Waals surface area contributed by atoms with Crippen LogP contribution in [0, 0.1) is 6.92 Å². The molecule has 0 aliphatic rings. The van der Waals surface area contributed by atoms with Crippen molar-refractivity contribution in [2.75, 3.05) is 0 Å². The zero-order chi connectivity index (χ0) is 10.0. The van der Waals surface area contributed by atoms with Crippen LogP contribution in [-0.2, 0) is 11.2 Å². The van der Waals surface area contributed by atoms with Crippen LogP contribution in [0.2, 0.25) is 10.0 Å². The monoisotopic (exact) mass is 234 g/mol. The Morgan fingerprint density at radius 2 is 2.00 bits per heavy atom. The Kier molecular flexibility index (Phi) is 3.65. The highest BCUT2D eigenvalue weighted by Crippen LogP contribution is 2.25. The first-order chi connectivity index (χ1) is 6.00. The average Bonchev–Trinajstić information content (AvgIpc) is 1.99. The van der Waals surface area contributed by atoms with Crippen LogP contribution in [0.3, 0.4) is 0 Å². The fourth-order valence-corrected chi connectivity index (χ4v) is 1.64. The van der Waals surface area contributed by atoms with Crippen LogP contribution in [-0.4, -0.2) is 5.12 Å². The van der Waals surface area contributed by atoms with Crippen LogP contribution >= 0.6 is 35.8 Å². The van der Waals surface area contributed by atoms with Crippen molar-refractivity contribution in [2.24, 2.45) is 0 Å². The summed E-state index contributed by atoms with van der Waals surface area (Å²) in [5, 5.41) is 0.919. The van der Waals surface area contributed by atoms with E-state index in [1.807, 2.05) is 6.92 Å². The van der Waals surface area contributed by atoms with Gasteiger partial charge >= 0.3 is 0 Å². The number of aryl methyl sites for hydroxylation is 1. The summed E-state index contributed by atoms with van der Waals surface area (Å²) in [5.74, 6) is 0. The molecular weight excluding hydrogens is 227 g/mol. The second-order valence-electron chi connectivity index (χ2n) is 2.76. The summed E-state index contributed by atoms with van der Waals surface area (Å²) >= 11 is 15.4. The third-order valence-corrected chi connectivity index (χ3v) is 2.59. The van der Waals surface area contributed by atoms with Gasteiger partial charge in [0.25, 0.3) is 0 Å². The molecule has 0 amide bonds. The molecule has 0 radical (unpaired) electrons. The molecule has 0 spiro atoms. The summed E-state index contributed by atoms with van der Waals surface area (Å²) in [4.78, 5) is 10.7. The van der Waals surface area contributed by atoms with Gasteiger partial charge in [-0.1, -0.05) is 29.3 Å². The van der Waals surface area contributed by atoms with Crippen molar-refractivity contribution in [2.45, 2.75) is 13.3 Å². The Hall–Kier alpha value is -0.180. The predicted molar refractivity (Wildman–Crippen MR) is 58.9 cm³/mol. The standard InChI is InChI=1S/C9H8Cl2OS/c1-5-2-6(3-9(12)13)8(11)4-7(5)10/h2,4H,3H2,1H3,(H,12,13). The Morgan fingerprint density at radius 1 is 1.38 bits per heavy atom. The summed E-state index contributed by atoms with van der Waals surface area (Å²) in [7, 11) is 0. The van der Waals surface area contributed by atoms with Gasteiger partial charge < -0.3 is 0 Å². The molecule has 0 N–H and O–H groups in total. The Morgan fingerprint density at radius 3 is 2.54 bits per heavy atom. The van der Waals surface area contributed by atoms with Gasteiger partial charge in [-0.15, -0.1) is 12.6 Å². The maximum atomic E-state index is 10.7. The molecule has 0 aromatic heterocycles. The molecule has 0 saturated heterocycles. The van der Waals surface area contributed by atoms with E-state index in [1.165, 1.54) is 0 Å². The molecule has 0 atom stereocenters. The highest BCUT2D eigenvalue weighted by Gasteiger charge is 2.06. The van der Waals surface area contributed by atoms with Gasteiger partial charge in [-0.3, -0.25) is 4.79 Å². The number of carbonyl (C=O) groups excluding carboxylic acids is 1. The normalized spacial score (nSPS) is 10.2. The SMILES string of the molecule is Cc1cc(CC(=O)S)c(Cl)cc1Cl. The highest BCUT2D eigenvalue weighted by atomic mass is 35.5. The summed E-state index contributed by atoms with van der Waals surface area (Å²) < 4.78 is 0. The Labute approximate surface area is 92.4 Å². The number of carbonyl (C=O) groups is 1. The summed E-state index contributed by atoms with van der Waals surface area (Å²) in [6, 6.07) is 3.45. The average molecular weight is 235 g/mol. The molecular formula is C9H8Cl2OS. The lowest BCUT2D eigenvalue weighted by Gasteiger charge is -2.04. The van der Waals surface area contributed by atoms with Gasteiger partial charge in [0.15, 0.2) is 5.12 Å². The molecule has 13 heavy (non-hydrogen) atoms. The molecule has 0 fully saturated rings. The zero-order valence-electron chi connectivity index (χ0n) is 6.97. The fraction of sp³-hybridized carbons (Fsp3) is 0.222. The minimum Gasteiger partial charge on any atom is -0.287 e. The number of rotatable bonds is 2. The van der Waals surface area contributed by atoms with E-state index >= 15 is 0 Å². The number of halogens is 2. The van der Waals surface area contributed by atoms with Crippen LogP contribution in [0.5, 0.6) is 0 Å². The molecule has 0 heterocycles. The third-order valence-electron chi connectivity index (χ3n) is 1.67. The molecule has 0 aliphatic carbocycles. The molecule has 0 unspecified atom stereocenters. The van der Waals surface area contributed by atoms with E-state index < -0.39 is 0 Å². The van der Waals surface area contributed by atoms with Gasteiger partial charge in [0, 0.05) is 16.5 Å². The molecule has 4 heteroatoms. The summed E-state index contributed by atoms with van der Waals surface area (Å²) in [6.45, 7) is 1.87. The van der Waals surface area contributed by atoms with E-state index in [4.69, 9.17) is 23.2 Å². The fourth-order valence-electron chi connectivity index (χ4n) is 1.02. The van der Waals surface area contributed by atoms with Crippen LogP contribution in [0.1, 0.15) is 11.1 Å². The van der Waals surface area contributed by atoms with Crippen molar-refractivity contribution in [1.29, 1.82) is 0 Å². The lowest BCUT2D eigenvalue weighted by molar-refractivity contribution is -0.110. The lowest BCUT2D eigenvalue weighted by atomic mass is 10.1. The van der Waals surface area contributed by atoms with Crippen LogP contribution in [0.15, 0.2) is 12.1 Å². The first-order valence-corrected chi connectivity index (χ1v) is 4.87. The van der Waals surface area contributed by atoms with Crippen molar-refractivity contribution < 1.29 is 4.79 Å². The number of hydrogen-bond acceptors (Lipinski definition) is 1. The molecule has 1 aromatic rings. The second kappa shape index (κ2) is 4.36. The molecule has 70 valence electrons. The number of benzene rings is 1. The van der Waals surface area contributed by atoms with E-state index in [1.54, 1.807) is 12.1 Å². The van der Waals surface area contributed by atoms with Crippen molar-refractivity contribution >= 4 is 40.9 Å². The van der Waals surface area contributed by atoms with Crippen LogP contribution in [0.25, 0.3) is 0 Å². The Bertz CT molecular complexity index is 350. The summed E-state index contributed by atoms with van der Waals surface area (Å²) in [5.41, 5.74) is 1.68. The lowest BCUT2D eigenvalue weighted by Crippen LogP contribution is -1.95. The third kappa shape index (κ3) is 2.90. The van der Waals surface area contributed by atoms with E-state index in [-0.39, 0.29) is 11.5 Å². The van der Waals surface area contributed by atoms with Gasteiger partial charge in [-0.2, -0.15) is 0 Å². The highest BCUT2D eigenvalue weighted by molar-refractivity contribution is 7.96. The van der Waals surface area contributed by atoms with Crippen molar-refractivity contribution in [1.82, 2.24) is 0 Å². The van der Waals surface area contributed by atoms with E-state index in [0.29, 0.717) is 10.0 Å². The van der Waals surface area contributed by atoms with Crippen molar-refractivity contribution in [3.8, 4) is 0 Å². The Balaban J connectivity index is 3.08. The molecule has 0 saturated carbocycles. The van der Waals surface area contributed by atoms with Crippen LogP contribution < -0.4 is 0 Å². The number of thiol groups is 1. The van der Waals surface area contributed by atoms with Gasteiger partial charge in [0.05, 0.1) is 0 Å². The maximum absolute atomic E-state index is 10.7. The van der Waals surface area contributed by atoms with Gasteiger partial charge in [-0.05, 0) is 24.1 Å². The first kappa shape index (κ1) is 10.9. The van der Waals surface area contributed by atoms with Crippen molar-refractivity contribution in [3.63, 3.8) is 0 Å². The molecule has 1 nitrogen and oxygen atoms in total. The van der Waals surface area contributed by atoms with E-state index in [9.17, 15) is 4.79 Å². The van der Waals surface area contributed by atoms with Gasteiger partial charge in [0.2, 0.25) is 0 Å². The predicted octanol–water partition coefficient (Wildman–Crippen LogP) is 3.30. The second-order valence-corrected chi connectivity index (χ2v) is 4.08. The quantitative estimate of drug-likeness (QED) is 0.778. The topological polar surface area (TPSA) is 17.1 Å². The maximum Gasteiger partial charge on any atom is 0.190 e. The van der Waals surface area contributed by atoms with Gasteiger partial charge in [-0.25, -0.2) is 0 Å². The van der Waals surface area contributed by atoms with Crippen molar-refractivity contribution in [3.05, 3.63) is 33.3 Å². The van der Waals surface area contributed by atoms with E-state index in [0.717, 1.165) is 11.1 Å². The zero-order valence-corrected chi connectivity index (χ0v) is 9.38. The van der Waals surface area contributed by atoms with Gasteiger partial charge in [0.1, 0.15) is 0 Å². The summed E-state index contributed by atoms with van der Waals surface area (Å²) in [6.07, 6.45) is 0.236. The first-order valence-electron chi connectivity index (χ1n) is 3.67. The smallest absolute Gasteiger partial charge is 0.190 e. The van der Waals surface area contributed by atoms with E-state index in [2.05, 4.69) is 12.6 Å². The minimum atomic E-state index is -0.205. The largest absolute Gasteiger partial charge is 0.287 e. The molecule has 0 bridgehead atoms. The molecule has 1 aromatic carbocycles. The van der Waals surface area contributed by atoms with Crippen LogP contribution in [0.4, 0.5) is 0 Å². The molecule has 1 rings (SSSR count). The minimum absolute atomic E-state index is 0.205.